The smallest absolute Gasteiger partial charge is 0.0556 e. The Kier molecular flexibility index (Phi) is 4.57. The van der Waals surface area contributed by atoms with Crippen LogP contribution in [0.15, 0.2) is 0 Å². The molecular formula is C6H13BrO. The van der Waals surface area contributed by atoms with E-state index in [1.807, 2.05) is 0 Å². The maximum Gasteiger partial charge on any atom is 0.0556 e. The van der Waals surface area contributed by atoms with E-state index in [9.17, 15) is 0 Å². The van der Waals surface area contributed by atoms with Crippen LogP contribution < -0.4 is 0 Å². The van der Waals surface area contributed by atoms with Gasteiger partial charge in [0.2, 0.25) is 0 Å². The molecule has 0 fully saturated rings. The van der Waals surface area contributed by atoms with E-state index >= 15 is 0 Å². The molecule has 0 heterocycles. The lowest BCUT2D eigenvalue weighted by molar-refractivity contribution is 0.285. The standard InChI is InChI=1S/C6H13BrO/c1-5(2)3-6(7)4-8/h5-6,8H,3-4H2,1-2H3. The predicted molar refractivity (Wildman–Crippen MR) is 39.3 cm³/mol. The monoisotopic (exact) mass is 180 g/mol. The van der Waals surface area contributed by atoms with E-state index < -0.39 is 0 Å². The van der Waals surface area contributed by atoms with Crippen LogP contribution in [0.2, 0.25) is 0 Å². The number of rotatable bonds is 3. The molecule has 1 unspecified atom stereocenters. The first kappa shape index (κ1) is 8.44. The Balaban J connectivity index is 3.10. The van der Waals surface area contributed by atoms with E-state index in [0.29, 0.717) is 10.7 Å². The summed E-state index contributed by atoms with van der Waals surface area (Å²) in [7, 11) is 0. The van der Waals surface area contributed by atoms with Gasteiger partial charge in [-0.2, -0.15) is 0 Å². The van der Waals surface area contributed by atoms with Crippen LogP contribution in [0, 0.1) is 5.92 Å². The van der Waals surface area contributed by atoms with Crippen molar-refractivity contribution >= 4 is 15.9 Å². The van der Waals surface area contributed by atoms with Crippen LogP contribution in [0.3, 0.4) is 0 Å². The number of hydrogen-bond donors (Lipinski definition) is 1. The molecule has 0 aliphatic carbocycles. The van der Waals surface area contributed by atoms with Crippen LogP contribution >= 0.6 is 15.9 Å². The molecular weight excluding hydrogens is 168 g/mol. The fourth-order valence-electron chi connectivity index (χ4n) is 0.586. The number of alkyl halides is 1. The molecule has 0 rings (SSSR count). The van der Waals surface area contributed by atoms with Crippen molar-refractivity contribution in [3.05, 3.63) is 0 Å². The second-order valence-corrected chi connectivity index (χ2v) is 3.70. The van der Waals surface area contributed by atoms with Gasteiger partial charge in [0, 0.05) is 4.83 Å². The second kappa shape index (κ2) is 4.33. The normalized spacial score (nSPS) is 14.6. The predicted octanol–water partition coefficient (Wildman–Crippen LogP) is 1.79. The quantitative estimate of drug-likeness (QED) is 0.658. The molecule has 0 amide bonds. The highest BCUT2D eigenvalue weighted by Gasteiger charge is 2.03. The topological polar surface area (TPSA) is 20.2 Å². The first-order valence-corrected chi connectivity index (χ1v) is 3.83. The number of halogens is 1. The molecule has 0 aromatic rings. The Morgan fingerprint density at radius 2 is 2.00 bits per heavy atom. The fraction of sp³-hybridized carbons (Fsp3) is 1.00. The van der Waals surface area contributed by atoms with Gasteiger partial charge >= 0.3 is 0 Å². The maximum atomic E-state index is 8.54. The van der Waals surface area contributed by atoms with Crippen molar-refractivity contribution in [2.75, 3.05) is 6.61 Å². The summed E-state index contributed by atoms with van der Waals surface area (Å²) in [5, 5.41) is 8.54. The van der Waals surface area contributed by atoms with Gasteiger partial charge in [0.1, 0.15) is 0 Å². The minimum Gasteiger partial charge on any atom is -0.395 e. The zero-order valence-corrected chi connectivity index (χ0v) is 6.98. The third-order valence-electron chi connectivity index (χ3n) is 0.925. The van der Waals surface area contributed by atoms with E-state index in [4.69, 9.17) is 5.11 Å². The summed E-state index contributed by atoms with van der Waals surface area (Å²) in [6, 6.07) is 0. The summed E-state index contributed by atoms with van der Waals surface area (Å²) in [5.41, 5.74) is 0. The molecule has 0 bridgehead atoms. The first-order valence-electron chi connectivity index (χ1n) is 2.91. The summed E-state index contributed by atoms with van der Waals surface area (Å²) in [4.78, 5) is 0.294. The lowest BCUT2D eigenvalue weighted by Gasteiger charge is -2.07. The van der Waals surface area contributed by atoms with E-state index in [1.165, 1.54) is 0 Å². The average molecular weight is 181 g/mol. The summed E-state index contributed by atoms with van der Waals surface area (Å²) < 4.78 is 0. The molecule has 8 heavy (non-hydrogen) atoms. The summed E-state index contributed by atoms with van der Waals surface area (Å²) in [6.07, 6.45) is 1.05. The van der Waals surface area contributed by atoms with Gasteiger partial charge in [0.05, 0.1) is 6.61 Å². The Morgan fingerprint density at radius 1 is 1.50 bits per heavy atom. The molecule has 1 N–H and O–H groups in total. The van der Waals surface area contributed by atoms with Crippen LogP contribution in [-0.4, -0.2) is 16.5 Å². The highest BCUT2D eigenvalue weighted by molar-refractivity contribution is 9.09. The third-order valence-corrected chi connectivity index (χ3v) is 1.59. The molecule has 0 saturated carbocycles. The van der Waals surface area contributed by atoms with Gasteiger partial charge in [-0.3, -0.25) is 0 Å². The average Bonchev–Trinajstić information content (AvgIpc) is 1.65. The minimum atomic E-state index is 0.248. The van der Waals surface area contributed by atoms with E-state index in [2.05, 4.69) is 29.8 Å². The van der Waals surface area contributed by atoms with Crippen molar-refractivity contribution in [3.8, 4) is 0 Å². The fourth-order valence-corrected chi connectivity index (χ4v) is 1.33. The zero-order chi connectivity index (χ0) is 6.57. The van der Waals surface area contributed by atoms with Crippen molar-refractivity contribution in [2.45, 2.75) is 25.1 Å². The molecule has 0 aromatic carbocycles. The highest BCUT2D eigenvalue weighted by atomic mass is 79.9. The Morgan fingerprint density at radius 3 is 2.12 bits per heavy atom. The minimum absolute atomic E-state index is 0.248. The van der Waals surface area contributed by atoms with Crippen molar-refractivity contribution in [1.82, 2.24) is 0 Å². The van der Waals surface area contributed by atoms with Crippen LogP contribution in [0.1, 0.15) is 20.3 Å². The molecule has 0 saturated heterocycles. The molecule has 0 aliphatic rings. The van der Waals surface area contributed by atoms with E-state index in [0.717, 1.165) is 6.42 Å². The number of hydrogen-bond acceptors (Lipinski definition) is 1. The van der Waals surface area contributed by atoms with Crippen molar-refractivity contribution in [1.29, 1.82) is 0 Å². The van der Waals surface area contributed by atoms with Crippen LogP contribution in [0.5, 0.6) is 0 Å². The molecule has 50 valence electrons. The van der Waals surface area contributed by atoms with Crippen LogP contribution in [0.4, 0.5) is 0 Å². The van der Waals surface area contributed by atoms with Gasteiger partial charge in [-0.05, 0) is 12.3 Å². The van der Waals surface area contributed by atoms with Gasteiger partial charge in [0.25, 0.3) is 0 Å². The second-order valence-electron chi connectivity index (χ2n) is 2.41. The molecule has 2 heteroatoms. The lowest BCUT2D eigenvalue weighted by Crippen LogP contribution is -2.06. The Bertz CT molecular complexity index is 54.5. The van der Waals surface area contributed by atoms with Gasteiger partial charge < -0.3 is 5.11 Å². The number of aliphatic hydroxyl groups is 1. The van der Waals surface area contributed by atoms with Gasteiger partial charge in [0.15, 0.2) is 0 Å². The maximum absolute atomic E-state index is 8.54. The molecule has 1 atom stereocenters. The number of aliphatic hydroxyl groups excluding tert-OH is 1. The zero-order valence-electron chi connectivity index (χ0n) is 5.39. The summed E-state index contributed by atoms with van der Waals surface area (Å²) in [5.74, 6) is 0.673. The highest BCUT2D eigenvalue weighted by Crippen LogP contribution is 2.10. The molecule has 0 aromatic heterocycles. The van der Waals surface area contributed by atoms with Gasteiger partial charge in [-0.15, -0.1) is 0 Å². The van der Waals surface area contributed by atoms with Crippen molar-refractivity contribution in [2.24, 2.45) is 5.92 Å². The molecule has 1 nitrogen and oxygen atoms in total. The Labute approximate surface area is 59.2 Å². The molecule has 0 aliphatic heterocycles. The Hall–Kier alpha value is 0.440. The van der Waals surface area contributed by atoms with Gasteiger partial charge in [-0.25, -0.2) is 0 Å². The third kappa shape index (κ3) is 4.60. The largest absolute Gasteiger partial charge is 0.395 e. The SMILES string of the molecule is CC(C)CC(Br)CO. The first-order chi connectivity index (χ1) is 3.66. The van der Waals surface area contributed by atoms with E-state index in [1.54, 1.807) is 0 Å². The molecule has 0 radical (unpaired) electrons. The van der Waals surface area contributed by atoms with Crippen LogP contribution in [0.25, 0.3) is 0 Å². The molecule has 0 spiro atoms. The summed E-state index contributed by atoms with van der Waals surface area (Å²) in [6.45, 7) is 4.53. The van der Waals surface area contributed by atoms with Crippen molar-refractivity contribution < 1.29 is 5.11 Å². The van der Waals surface area contributed by atoms with Crippen LogP contribution in [-0.2, 0) is 0 Å². The van der Waals surface area contributed by atoms with Crippen molar-refractivity contribution in [3.63, 3.8) is 0 Å². The van der Waals surface area contributed by atoms with Gasteiger partial charge in [-0.1, -0.05) is 29.8 Å². The summed E-state index contributed by atoms with van der Waals surface area (Å²) >= 11 is 3.33. The lowest BCUT2D eigenvalue weighted by atomic mass is 10.1. The van der Waals surface area contributed by atoms with E-state index in [-0.39, 0.29) is 6.61 Å².